The Morgan fingerprint density at radius 2 is 1.91 bits per heavy atom. The first kappa shape index (κ1) is 22.4. The highest BCUT2D eigenvalue weighted by molar-refractivity contribution is 6.33. The molecule has 0 bridgehead atoms. The van der Waals surface area contributed by atoms with E-state index < -0.39 is 12.1 Å². The number of benzene rings is 2. The highest BCUT2D eigenvalue weighted by atomic mass is 35.5. The summed E-state index contributed by atoms with van der Waals surface area (Å²) in [5.74, 6) is -0.706. The van der Waals surface area contributed by atoms with Gasteiger partial charge in [0.15, 0.2) is 0 Å². The lowest BCUT2D eigenvalue weighted by Gasteiger charge is -2.14. The molecular formula is C24H19ClFN5O2. The number of halogens is 2. The van der Waals surface area contributed by atoms with Gasteiger partial charge < -0.3 is 10.4 Å². The van der Waals surface area contributed by atoms with Gasteiger partial charge in [-0.25, -0.2) is 9.67 Å². The number of nitrogens with zero attached hydrogens (tertiary/aromatic N) is 4. The van der Waals surface area contributed by atoms with Gasteiger partial charge in [0.1, 0.15) is 11.5 Å². The maximum atomic E-state index is 15.1. The minimum absolute atomic E-state index is 0.0485. The molecule has 1 unspecified atom stereocenters. The number of anilines is 1. The van der Waals surface area contributed by atoms with Crippen molar-refractivity contribution in [3.8, 4) is 17.3 Å². The Bertz CT molecular complexity index is 1430. The molecule has 0 amide bonds. The average Bonchev–Trinajstić information content (AvgIpc) is 2.82. The number of pyridine rings is 1. The van der Waals surface area contributed by atoms with E-state index in [0.717, 1.165) is 5.56 Å². The maximum Gasteiger partial charge on any atom is 0.274 e. The second kappa shape index (κ2) is 9.36. The van der Waals surface area contributed by atoms with Crippen LogP contribution in [0.15, 0.2) is 59.4 Å². The van der Waals surface area contributed by atoms with E-state index in [1.54, 1.807) is 55.5 Å². The lowest BCUT2D eigenvalue weighted by molar-refractivity contribution is 0.208. The van der Waals surface area contributed by atoms with Gasteiger partial charge in [-0.05, 0) is 36.8 Å². The second-order valence-electron chi connectivity index (χ2n) is 7.55. The number of nitrogens with one attached hydrogen (secondary N) is 1. The molecule has 2 aromatic heterocycles. The van der Waals surface area contributed by atoms with Crippen LogP contribution in [-0.4, -0.2) is 32.5 Å². The van der Waals surface area contributed by atoms with Gasteiger partial charge in [0.2, 0.25) is 5.95 Å². The van der Waals surface area contributed by atoms with Crippen LogP contribution in [0, 0.1) is 17.3 Å². The van der Waals surface area contributed by atoms with E-state index >= 15 is 4.39 Å². The van der Waals surface area contributed by atoms with Crippen molar-refractivity contribution >= 4 is 28.2 Å². The van der Waals surface area contributed by atoms with Crippen molar-refractivity contribution in [2.24, 2.45) is 0 Å². The monoisotopic (exact) mass is 463 g/mol. The summed E-state index contributed by atoms with van der Waals surface area (Å²) in [4.78, 5) is 17.0. The second-order valence-corrected chi connectivity index (χ2v) is 7.96. The van der Waals surface area contributed by atoms with E-state index in [0.29, 0.717) is 16.3 Å². The molecule has 1 atom stereocenters. The Kier molecular flexibility index (Phi) is 6.36. The standard InChI is InChI=1S/C24H19ClFN5O2/c1-14(32)12-28-23-20(25)10-19(22(26)29-23)21-17-4-2-3-5-18(17)24(33)31(30-21)13-16-8-6-15(11-27)7-9-16/h2-10,14,32H,12-13H2,1H3,(H,28,29). The average molecular weight is 464 g/mol. The molecule has 2 heterocycles. The molecule has 4 rings (SSSR count). The highest BCUT2D eigenvalue weighted by Crippen LogP contribution is 2.31. The number of hydrogen-bond donors (Lipinski definition) is 2. The van der Waals surface area contributed by atoms with Crippen molar-refractivity contribution in [1.29, 1.82) is 5.26 Å². The van der Waals surface area contributed by atoms with Gasteiger partial charge in [0.25, 0.3) is 5.56 Å². The molecule has 166 valence electrons. The summed E-state index contributed by atoms with van der Waals surface area (Å²) in [5.41, 5.74) is 1.22. The molecule has 2 aromatic carbocycles. The smallest absolute Gasteiger partial charge is 0.274 e. The van der Waals surface area contributed by atoms with Gasteiger partial charge in [-0.1, -0.05) is 41.9 Å². The Morgan fingerprint density at radius 3 is 2.58 bits per heavy atom. The van der Waals surface area contributed by atoms with Gasteiger partial charge in [0.05, 0.1) is 40.3 Å². The number of rotatable bonds is 6. The highest BCUT2D eigenvalue weighted by Gasteiger charge is 2.19. The van der Waals surface area contributed by atoms with E-state index in [9.17, 15) is 9.90 Å². The first-order valence-corrected chi connectivity index (χ1v) is 10.5. The third kappa shape index (κ3) is 4.70. The number of fused-ring (bicyclic) bond motifs is 1. The third-order valence-electron chi connectivity index (χ3n) is 5.03. The Hall–Kier alpha value is -3.80. The summed E-state index contributed by atoms with van der Waals surface area (Å²) in [6.07, 6.45) is -0.665. The minimum Gasteiger partial charge on any atom is -0.392 e. The van der Waals surface area contributed by atoms with E-state index in [1.165, 1.54) is 10.7 Å². The van der Waals surface area contributed by atoms with Crippen LogP contribution in [0.1, 0.15) is 18.1 Å². The summed E-state index contributed by atoms with van der Waals surface area (Å²) >= 11 is 6.32. The molecule has 0 aliphatic heterocycles. The summed E-state index contributed by atoms with van der Waals surface area (Å²) < 4.78 is 16.3. The molecule has 0 aliphatic rings. The SMILES string of the molecule is CC(O)CNc1nc(F)c(-c2nn(Cc3ccc(C#N)cc3)c(=O)c3ccccc23)cc1Cl. The number of aliphatic hydroxyl groups is 1. The zero-order valence-electron chi connectivity index (χ0n) is 17.6. The topological polar surface area (TPSA) is 104 Å². The van der Waals surface area contributed by atoms with Gasteiger partial charge >= 0.3 is 0 Å². The van der Waals surface area contributed by atoms with E-state index in [1.807, 2.05) is 0 Å². The maximum absolute atomic E-state index is 15.1. The molecule has 9 heteroatoms. The molecule has 0 saturated heterocycles. The molecule has 0 radical (unpaired) electrons. The number of hydrogen-bond acceptors (Lipinski definition) is 6. The van der Waals surface area contributed by atoms with Crippen LogP contribution in [0.25, 0.3) is 22.0 Å². The fourth-order valence-electron chi connectivity index (χ4n) is 3.40. The Balaban J connectivity index is 1.84. The molecule has 33 heavy (non-hydrogen) atoms. The summed E-state index contributed by atoms with van der Waals surface area (Å²) in [7, 11) is 0. The molecule has 0 aliphatic carbocycles. The summed E-state index contributed by atoms with van der Waals surface area (Å²) in [5, 5.41) is 26.7. The Morgan fingerprint density at radius 1 is 1.21 bits per heavy atom. The molecule has 2 N–H and O–H groups in total. The van der Waals surface area contributed by atoms with Crippen LogP contribution in [0.3, 0.4) is 0 Å². The van der Waals surface area contributed by atoms with Gasteiger partial charge in [-0.3, -0.25) is 4.79 Å². The lowest BCUT2D eigenvalue weighted by atomic mass is 10.1. The molecule has 0 saturated carbocycles. The molecule has 4 aromatic rings. The van der Waals surface area contributed by atoms with Gasteiger partial charge in [-0.15, -0.1) is 0 Å². The predicted octanol–water partition coefficient (Wildman–Crippen LogP) is 3.96. The third-order valence-corrected chi connectivity index (χ3v) is 5.32. The molecule has 7 nitrogen and oxygen atoms in total. The predicted molar refractivity (Wildman–Crippen MR) is 125 cm³/mol. The fourth-order valence-corrected chi connectivity index (χ4v) is 3.62. The first-order chi connectivity index (χ1) is 15.9. The molecule has 0 spiro atoms. The zero-order valence-corrected chi connectivity index (χ0v) is 18.3. The van der Waals surface area contributed by atoms with Crippen molar-refractivity contribution in [3.05, 3.63) is 87.0 Å². The summed E-state index contributed by atoms with van der Waals surface area (Å²) in [6.45, 7) is 1.88. The van der Waals surface area contributed by atoms with Crippen LogP contribution in [0.4, 0.5) is 10.2 Å². The van der Waals surface area contributed by atoms with Gasteiger partial charge in [0, 0.05) is 11.9 Å². The van der Waals surface area contributed by atoms with Crippen LogP contribution >= 0.6 is 11.6 Å². The number of aliphatic hydroxyl groups excluding tert-OH is 1. The van der Waals surface area contributed by atoms with Crippen molar-refractivity contribution in [1.82, 2.24) is 14.8 Å². The largest absolute Gasteiger partial charge is 0.392 e. The van der Waals surface area contributed by atoms with Crippen molar-refractivity contribution in [2.45, 2.75) is 19.6 Å². The van der Waals surface area contributed by atoms with Crippen LogP contribution < -0.4 is 10.9 Å². The van der Waals surface area contributed by atoms with E-state index in [4.69, 9.17) is 16.9 Å². The first-order valence-electron chi connectivity index (χ1n) is 10.1. The Labute approximate surface area is 193 Å². The van der Waals surface area contributed by atoms with Crippen LogP contribution in [-0.2, 0) is 6.54 Å². The minimum atomic E-state index is -0.811. The van der Waals surface area contributed by atoms with Gasteiger partial charge in [-0.2, -0.15) is 14.8 Å². The van der Waals surface area contributed by atoms with Crippen LogP contribution in [0.2, 0.25) is 5.02 Å². The van der Waals surface area contributed by atoms with Crippen molar-refractivity contribution < 1.29 is 9.50 Å². The van der Waals surface area contributed by atoms with E-state index in [2.05, 4.69) is 21.5 Å². The number of nitriles is 1. The quantitative estimate of drug-likeness (QED) is 0.419. The lowest BCUT2D eigenvalue weighted by Crippen LogP contribution is -2.24. The summed E-state index contributed by atoms with van der Waals surface area (Å²) in [6, 6.07) is 17.1. The normalized spacial score (nSPS) is 11.8. The molecule has 0 fully saturated rings. The zero-order chi connectivity index (χ0) is 23.5. The van der Waals surface area contributed by atoms with Crippen LogP contribution in [0.5, 0.6) is 0 Å². The van der Waals surface area contributed by atoms with Crippen molar-refractivity contribution in [3.63, 3.8) is 0 Å². The molecular weight excluding hydrogens is 445 g/mol. The van der Waals surface area contributed by atoms with Crippen molar-refractivity contribution in [2.75, 3.05) is 11.9 Å². The fraction of sp³-hybridized carbons (Fsp3) is 0.167. The van der Waals surface area contributed by atoms with E-state index in [-0.39, 0.29) is 40.7 Å². The number of aromatic nitrogens is 3.